The molecular weight excluding hydrogens is 362 g/mol. The summed E-state index contributed by atoms with van der Waals surface area (Å²) in [6.45, 7) is 1.33. The molecule has 2 N–H and O–H groups in total. The number of H-pyrrole nitrogens is 1. The van der Waals surface area contributed by atoms with Crippen LogP contribution >= 0.6 is 0 Å². The summed E-state index contributed by atoms with van der Waals surface area (Å²) in [5.41, 5.74) is 0.897. The van der Waals surface area contributed by atoms with E-state index in [-0.39, 0.29) is 40.4 Å². The van der Waals surface area contributed by atoms with Gasteiger partial charge in [0.1, 0.15) is 17.2 Å². The smallest absolute Gasteiger partial charge is 0.312 e. The van der Waals surface area contributed by atoms with Crippen molar-refractivity contribution in [2.24, 2.45) is 0 Å². The highest BCUT2D eigenvalue weighted by molar-refractivity contribution is 5.98. The zero-order valence-electron chi connectivity index (χ0n) is 15.2. The number of fused-ring (bicyclic) bond motifs is 2. The highest BCUT2D eigenvalue weighted by atomic mass is 16.5. The quantitative estimate of drug-likeness (QED) is 0.412. The third-order valence-electron chi connectivity index (χ3n) is 4.96. The lowest BCUT2D eigenvalue weighted by Gasteiger charge is -2.26. The number of nitrogens with one attached hydrogen (secondary N) is 1. The number of phenolic OH excluding ortho intramolecular Hbond substituents is 1. The second kappa shape index (κ2) is 6.53. The molecule has 3 aromatic rings. The number of carbonyl (C=O) groups is 2. The van der Waals surface area contributed by atoms with Crippen LogP contribution in [0.3, 0.4) is 0 Å². The number of Topliss-reactive ketones (excluding diaryl/α,β-unsaturated/α-hetero) is 1. The fourth-order valence-corrected chi connectivity index (χ4v) is 3.58. The van der Waals surface area contributed by atoms with Crippen molar-refractivity contribution in [2.75, 3.05) is 7.11 Å². The predicted molar refractivity (Wildman–Crippen MR) is 101 cm³/mol. The van der Waals surface area contributed by atoms with Crippen molar-refractivity contribution in [1.29, 1.82) is 0 Å². The largest absolute Gasteiger partial charge is 0.507 e. The van der Waals surface area contributed by atoms with Gasteiger partial charge in [-0.2, -0.15) is 0 Å². The number of hydrogen-bond acceptors (Lipinski definition) is 6. The van der Waals surface area contributed by atoms with Gasteiger partial charge in [0.2, 0.25) is 0 Å². The third kappa shape index (κ3) is 2.81. The summed E-state index contributed by atoms with van der Waals surface area (Å²) in [7, 11) is 1.54. The first-order valence-electron chi connectivity index (χ1n) is 8.67. The first-order chi connectivity index (χ1) is 13.4. The normalized spacial score (nSPS) is 15.8. The molecule has 0 radical (unpaired) electrons. The molecule has 0 amide bonds. The molecule has 0 spiro atoms. The van der Waals surface area contributed by atoms with Crippen LogP contribution in [-0.2, 0) is 4.79 Å². The van der Waals surface area contributed by atoms with E-state index in [4.69, 9.17) is 9.47 Å². The van der Waals surface area contributed by atoms with Gasteiger partial charge in [0.25, 0.3) is 5.56 Å². The molecule has 7 heteroatoms. The Balaban J connectivity index is 1.94. The van der Waals surface area contributed by atoms with Crippen molar-refractivity contribution >= 4 is 22.7 Å². The van der Waals surface area contributed by atoms with Crippen LogP contribution < -0.4 is 15.0 Å². The number of benzene rings is 2. The Morgan fingerprint density at radius 2 is 2.00 bits per heavy atom. The standard InChI is InChI=1S/C21H17NO6/c1-10(23)13-5-6-17-19(20(13)25)14(9-18(24)28-17)15-7-11-3-4-12(27-2)8-16(11)22-21(15)26/h3-8,14,25H,9H2,1-2H3,(H,22,26). The summed E-state index contributed by atoms with van der Waals surface area (Å²) >= 11 is 0. The fraction of sp³-hybridized carbons (Fsp3) is 0.190. The number of aromatic nitrogens is 1. The van der Waals surface area contributed by atoms with Gasteiger partial charge < -0.3 is 19.6 Å². The summed E-state index contributed by atoms with van der Waals surface area (Å²) in [4.78, 5) is 39.5. The first-order valence-corrected chi connectivity index (χ1v) is 8.67. The van der Waals surface area contributed by atoms with Crippen LogP contribution in [-0.4, -0.2) is 29.0 Å². The number of ketones is 1. The minimum Gasteiger partial charge on any atom is -0.507 e. The lowest BCUT2D eigenvalue weighted by molar-refractivity contribution is -0.135. The maximum absolute atomic E-state index is 12.8. The van der Waals surface area contributed by atoms with Gasteiger partial charge >= 0.3 is 5.97 Å². The van der Waals surface area contributed by atoms with Gasteiger partial charge in [0.05, 0.1) is 24.6 Å². The second-order valence-electron chi connectivity index (χ2n) is 6.67. The monoisotopic (exact) mass is 379 g/mol. The van der Waals surface area contributed by atoms with Crippen molar-refractivity contribution < 1.29 is 24.2 Å². The number of rotatable bonds is 3. The Hall–Kier alpha value is -3.61. The lowest BCUT2D eigenvalue weighted by Crippen LogP contribution is -2.26. The minimum atomic E-state index is -0.731. The summed E-state index contributed by atoms with van der Waals surface area (Å²) in [5, 5.41) is 11.4. The number of hydrogen-bond donors (Lipinski definition) is 2. The van der Waals surface area contributed by atoms with Gasteiger partial charge in [-0.05, 0) is 42.6 Å². The molecule has 1 aromatic heterocycles. The molecule has 7 nitrogen and oxygen atoms in total. The van der Waals surface area contributed by atoms with Crippen LogP contribution in [0.1, 0.15) is 40.7 Å². The number of pyridine rings is 1. The van der Waals surface area contributed by atoms with Crippen LogP contribution in [0.25, 0.3) is 10.9 Å². The highest BCUT2D eigenvalue weighted by Gasteiger charge is 2.34. The minimum absolute atomic E-state index is 0.114. The summed E-state index contributed by atoms with van der Waals surface area (Å²) < 4.78 is 10.4. The summed E-state index contributed by atoms with van der Waals surface area (Å²) in [5.74, 6) is -1.08. The van der Waals surface area contributed by atoms with Gasteiger partial charge in [0, 0.05) is 23.1 Å². The molecule has 4 rings (SSSR count). The fourth-order valence-electron chi connectivity index (χ4n) is 3.58. The molecule has 2 heterocycles. The number of methoxy groups -OCH3 is 1. The molecule has 142 valence electrons. The molecule has 1 unspecified atom stereocenters. The molecule has 0 aliphatic carbocycles. The Labute approximate surface area is 159 Å². The zero-order valence-corrected chi connectivity index (χ0v) is 15.2. The van der Waals surface area contributed by atoms with Crippen molar-refractivity contribution in [3.8, 4) is 17.2 Å². The first kappa shape index (κ1) is 17.8. The van der Waals surface area contributed by atoms with Gasteiger partial charge in [0.15, 0.2) is 5.78 Å². The Morgan fingerprint density at radius 1 is 1.21 bits per heavy atom. The Bertz CT molecular complexity index is 1190. The number of ether oxygens (including phenoxy) is 2. The number of carbonyl (C=O) groups excluding carboxylic acids is 2. The van der Waals surface area contributed by atoms with E-state index in [0.29, 0.717) is 16.8 Å². The molecule has 0 saturated heterocycles. The molecule has 1 aliphatic heterocycles. The predicted octanol–water partition coefficient (Wildman–Crippen LogP) is 2.89. The van der Waals surface area contributed by atoms with Crippen molar-refractivity contribution in [2.45, 2.75) is 19.3 Å². The molecule has 1 aliphatic rings. The maximum Gasteiger partial charge on any atom is 0.312 e. The van der Waals surface area contributed by atoms with Crippen molar-refractivity contribution in [1.82, 2.24) is 4.98 Å². The van der Waals surface area contributed by atoms with Crippen molar-refractivity contribution in [3.05, 3.63) is 63.4 Å². The van der Waals surface area contributed by atoms with Crippen LogP contribution in [0.2, 0.25) is 0 Å². The molecular formula is C21H17NO6. The van der Waals surface area contributed by atoms with E-state index >= 15 is 0 Å². The van der Waals surface area contributed by atoms with Gasteiger partial charge in [-0.25, -0.2) is 0 Å². The summed E-state index contributed by atoms with van der Waals surface area (Å²) in [6, 6.07) is 9.81. The molecule has 0 saturated carbocycles. The van der Waals surface area contributed by atoms with Gasteiger partial charge in [-0.15, -0.1) is 0 Å². The number of aromatic hydroxyl groups is 1. The number of esters is 1. The average Bonchev–Trinajstić information content (AvgIpc) is 2.66. The molecule has 28 heavy (non-hydrogen) atoms. The van der Waals surface area contributed by atoms with E-state index in [9.17, 15) is 19.5 Å². The molecule has 2 aromatic carbocycles. The van der Waals surface area contributed by atoms with Crippen LogP contribution in [0.5, 0.6) is 17.2 Å². The van der Waals surface area contributed by atoms with Gasteiger partial charge in [-0.1, -0.05) is 0 Å². The molecule has 0 fully saturated rings. The molecule has 0 bridgehead atoms. The van der Waals surface area contributed by atoms with E-state index in [2.05, 4.69) is 4.98 Å². The number of phenols is 1. The van der Waals surface area contributed by atoms with E-state index in [1.54, 1.807) is 24.3 Å². The van der Waals surface area contributed by atoms with Crippen LogP contribution in [0, 0.1) is 0 Å². The number of aromatic amines is 1. The SMILES string of the molecule is COc1ccc2cc(C3CC(=O)Oc4ccc(C(C)=O)c(O)c43)c(=O)[nH]c2c1. The maximum atomic E-state index is 12.8. The topological polar surface area (TPSA) is 106 Å². The van der Waals surface area contributed by atoms with Crippen LogP contribution in [0.15, 0.2) is 41.2 Å². The second-order valence-corrected chi connectivity index (χ2v) is 6.67. The van der Waals surface area contributed by atoms with Crippen molar-refractivity contribution in [3.63, 3.8) is 0 Å². The molecule has 1 atom stereocenters. The van der Waals surface area contributed by atoms with E-state index in [0.717, 1.165) is 5.39 Å². The lowest BCUT2D eigenvalue weighted by atomic mass is 9.84. The van der Waals surface area contributed by atoms with E-state index in [1.807, 2.05) is 0 Å². The van der Waals surface area contributed by atoms with Crippen LogP contribution in [0.4, 0.5) is 0 Å². The Morgan fingerprint density at radius 3 is 2.71 bits per heavy atom. The average molecular weight is 379 g/mol. The summed E-state index contributed by atoms with van der Waals surface area (Å²) in [6.07, 6.45) is -0.118. The van der Waals surface area contributed by atoms with Gasteiger partial charge in [-0.3, -0.25) is 14.4 Å². The zero-order chi connectivity index (χ0) is 20.0. The van der Waals surface area contributed by atoms with E-state index < -0.39 is 11.9 Å². The highest BCUT2D eigenvalue weighted by Crippen LogP contribution is 2.44. The van der Waals surface area contributed by atoms with E-state index in [1.165, 1.54) is 26.2 Å². The third-order valence-corrected chi connectivity index (χ3v) is 4.96. The Kier molecular flexibility index (Phi) is 4.15.